The topological polar surface area (TPSA) is 107 Å². The third-order valence-electron chi connectivity index (χ3n) is 2.04. The summed E-state index contributed by atoms with van der Waals surface area (Å²) >= 11 is 0. The molecular formula is C10H17N5O2. The number of rotatable bonds is 3. The van der Waals surface area contributed by atoms with Gasteiger partial charge in [0.2, 0.25) is 11.8 Å². The Bertz CT molecular complexity index is 439. The molecule has 1 aromatic rings. The highest BCUT2D eigenvalue weighted by atomic mass is 16.6. The van der Waals surface area contributed by atoms with Gasteiger partial charge in [-0.15, -0.1) is 0 Å². The summed E-state index contributed by atoms with van der Waals surface area (Å²) in [6.07, 6.45) is 0. The van der Waals surface area contributed by atoms with Crippen LogP contribution in [0, 0.1) is 22.5 Å². The fourth-order valence-electron chi connectivity index (χ4n) is 1.28. The Hall–Kier alpha value is -1.92. The summed E-state index contributed by atoms with van der Waals surface area (Å²) in [5.41, 5.74) is 5.61. The van der Waals surface area contributed by atoms with E-state index in [0.717, 1.165) is 0 Å². The second kappa shape index (κ2) is 4.52. The van der Waals surface area contributed by atoms with E-state index in [-0.39, 0.29) is 28.6 Å². The minimum Gasteiger partial charge on any atom is -0.368 e. The van der Waals surface area contributed by atoms with Gasteiger partial charge in [0.05, 0.1) is 4.92 Å². The van der Waals surface area contributed by atoms with Crippen LogP contribution in [0.5, 0.6) is 0 Å². The number of nitrogens with two attached hydrogens (primary N) is 1. The van der Waals surface area contributed by atoms with Crippen LogP contribution in [-0.4, -0.2) is 21.4 Å². The molecule has 0 atom stereocenters. The first-order valence-electron chi connectivity index (χ1n) is 5.23. The Labute approximate surface area is 99.6 Å². The standard InChI is InChI=1S/C10H17N5O2/c1-6-7(15(16)17)8(14-9(11)13-6)12-5-10(2,3)4/h5H2,1-4H3,(H3,11,12,13,14). The number of anilines is 2. The molecular weight excluding hydrogens is 222 g/mol. The Morgan fingerprint density at radius 2 is 2.00 bits per heavy atom. The molecule has 0 radical (unpaired) electrons. The molecule has 0 aliphatic heterocycles. The molecule has 0 fully saturated rings. The van der Waals surface area contributed by atoms with Crippen LogP contribution in [0.3, 0.4) is 0 Å². The van der Waals surface area contributed by atoms with Crippen LogP contribution in [0.25, 0.3) is 0 Å². The lowest BCUT2D eigenvalue weighted by Crippen LogP contribution is -2.21. The zero-order valence-corrected chi connectivity index (χ0v) is 10.4. The molecule has 0 saturated carbocycles. The molecule has 0 aromatic carbocycles. The highest BCUT2D eigenvalue weighted by Crippen LogP contribution is 2.26. The van der Waals surface area contributed by atoms with Crippen LogP contribution >= 0.6 is 0 Å². The van der Waals surface area contributed by atoms with Gasteiger partial charge >= 0.3 is 5.69 Å². The maximum atomic E-state index is 10.9. The molecule has 0 bridgehead atoms. The van der Waals surface area contributed by atoms with Crippen molar-refractivity contribution in [2.24, 2.45) is 5.41 Å². The van der Waals surface area contributed by atoms with E-state index in [9.17, 15) is 10.1 Å². The van der Waals surface area contributed by atoms with Crippen molar-refractivity contribution >= 4 is 17.5 Å². The minimum absolute atomic E-state index is 0.0124. The largest absolute Gasteiger partial charge is 0.368 e. The van der Waals surface area contributed by atoms with E-state index < -0.39 is 4.92 Å². The maximum Gasteiger partial charge on any atom is 0.332 e. The van der Waals surface area contributed by atoms with Gasteiger partial charge < -0.3 is 11.1 Å². The van der Waals surface area contributed by atoms with Crippen molar-refractivity contribution in [1.29, 1.82) is 0 Å². The fourth-order valence-corrected chi connectivity index (χ4v) is 1.28. The van der Waals surface area contributed by atoms with E-state index in [2.05, 4.69) is 15.3 Å². The van der Waals surface area contributed by atoms with Gasteiger partial charge in [-0.3, -0.25) is 10.1 Å². The maximum absolute atomic E-state index is 10.9. The highest BCUT2D eigenvalue weighted by molar-refractivity contribution is 5.60. The van der Waals surface area contributed by atoms with Gasteiger partial charge in [0.25, 0.3) is 0 Å². The van der Waals surface area contributed by atoms with Gasteiger partial charge in [-0.25, -0.2) is 4.98 Å². The first-order chi connectivity index (χ1) is 7.70. The zero-order valence-electron chi connectivity index (χ0n) is 10.4. The molecule has 0 aliphatic carbocycles. The molecule has 1 heterocycles. The SMILES string of the molecule is Cc1nc(N)nc(NCC(C)(C)C)c1[N+](=O)[O-]. The van der Waals surface area contributed by atoms with Gasteiger partial charge in [-0.1, -0.05) is 20.8 Å². The molecule has 0 amide bonds. The number of aromatic nitrogens is 2. The van der Waals surface area contributed by atoms with Crippen molar-refractivity contribution in [3.63, 3.8) is 0 Å². The second-order valence-corrected chi connectivity index (χ2v) is 5.04. The molecule has 7 heteroatoms. The predicted molar refractivity (Wildman–Crippen MR) is 65.8 cm³/mol. The molecule has 17 heavy (non-hydrogen) atoms. The Balaban J connectivity index is 3.09. The van der Waals surface area contributed by atoms with E-state index >= 15 is 0 Å². The van der Waals surface area contributed by atoms with Gasteiger partial charge in [-0.2, -0.15) is 4.98 Å². The number of nitro groups is 1. The molecule has 0 spiro atoms. The summed E-state index contributed by atoms with van der Waals surface area (Å²) in [6, 6.07) is 0. The van der Waals surface area contributed by atoms with E-state index in [1.807, 2.05) is 20.8 Å². The van der Waals surface area contributed by atoms with Crippen LogP contribution in [0.4, 0.5) is 17.5 Å². The smallest absolute Gasteiger partial charge is 0.332 e. The van der Waals surface area contributed by atoms with Crippen LogP contribution < -0.4 is 11.1 Å². The van der Waals surface area contributed by atoms with Crippen molar-refractivity contribution in [1.82, 2.24) is 9.97 Å². The van der Waals surface area contributed by atoms with Crippen molar-refractivity contribution < 1.29 is 4.92 Å². The molecule has 0 aliphatic rings. The summed E-state index contributed by atoms with van der Waals surface area (Å²) in [5, 5.41) is 13.9. The summed E-state index contributed by atoms with van der Waals surface area (Å²) in [7, 11) is 0. The van der Waals surface area contributed by atoms with E-state index in [4.69, 9.17) is 5.73 Å². The van der Waals surface area contributed by atoms with E-state index in [1.54, 1.807) is 6.92 Å². The van der Waals surface area contributed by atoms with Gasteiger partial charge in [-0.05, 0) is 12.3 Å². The number of hydrogen-bond acceptors (Lipinski definition) is 6. The number of aryl methyl sites for hydroxylation is 1. The Morgan fingerprint density at radius 3 is 2.47 bits per heavy atom. The quantitative estimate of drug-likeness (QED) is 0.614. The molecule has 94 valence electrons. The highest BCUT2D eigenvalue weighted by Gasteiger charge is 2.22. The summed E-state index contributed by atoms with van der Waals surface area (Å²) in [6.45, 7) is 8.15. The van der Waals surface area contributed by atoms with Crippen molar-refractivity contribution in [3.8, 4) is 0 Å². The Morgan fingerprint density at radius 1 is 1.41 bits per heavy atom. The normalized spacial score (nSPS) is 11.3. The lowest BCUT2D eigenvalue weighted by atomic mass is 9.97. The van der Waals surface area contributed by atoms with Crippen LogP contribution in [0.2, 0.25) is 0 Å². The third kappa shape index (κ3) is 3.54. The number of nitrogen functional groups attached to an aromatic ring is 1. The lowest BCUT2D eigenvalue weighted by Gasteiger charge is -2.19. The average Bonchev–Trinajstić information content (AvgIpc) is 2.11. The number of nitrogens with zero attached hydrogens (tertiary/aromatic N) is 3. The van der Waals surface area contributed by atoms with Crippen LogP contribution in [0.1, 0.15) is 26.5 Å². The second-order valence-electron chi connectivity index (χ2n) is 5.04. The fraction of sp³-hybridized carbons (Fsp3) is 0.600. The van der Waals surface area contributed by atoms with Crippen molar-refractivity contribution in [2.45, 2.75) is 27.7 Å². The number of nitrogens with one attached hydrogen (secondary N) is 1. The van der Waals surface area contributed by atoms with Crippen molar-refractivity contribution in [2.75, 3.05) is 17.6 Å². The first kappa shape index (κ1) is 13.1. The van der Waals surface area contributed by atoms with Gasteiger partial charge in [0.1, 0.15) is 5.69 Å². The monoisotopic (exact) mass is 239 g/mol. The minimum atomic E-state index is -0.500. The van der Waals surface area contributed by atoms with Crippen LogP contribution in [-0.2, 0) is 0 Å². The number of hydrogen-bond donors (Lipinski definition) is 2. The molecule has 0 unspecified atom stereocenters. The predicted octanol–water partition coefficient (Wildman–Crippen LogP) is 1.73. The molecule has 7 nitrogen and oxygen atoms in total. The summed E-state index contributed by atoms with van der Waals surface area (Å²) < 4.78 is 0. The Kier molecular flexibility index (Phi) is 3.50. The summed E-state index contributed by atoms with van der Waals surface area (Å²) in [4.78, 5) is 18.1. The van der Waals surface area contributed by atoms with Crippen LogP contribution in [0.15, 0.2) is 0 Å². The third-order valence-corrected chi connectivity index (χ3v) is 2.04. The van der Waals surface area contributed by atoms with E-state index in [1.165, 1.54) is 0 Å². The van der Waals surface area contributed by atoms with E-state index in [0.29, 0.717) is 6.54 Å². The molecule has 1 aromatic heterocycles. The molecule has 0 saturated heterocycles. The van der Waals surface area contributed by atoms with Gasteiger partial charge in [0, 0.05) is 6.54 Å². The zero-order chi connectivity index (χ0) is 13.2. The molecule has 1 rings (SSSR count). The van der Waals surface area contributed by atoms with Crippen molar-refractivity contribution in [3.05, 3.63) is 15.8 Å². The average molecular weight is 239 g/mol. The first-order valence-corrected chi connectivity index (χ1v) is 5.23. The van der Waals surface area contributed by atoms with Gasteiger partial charge in [0.15, 0.2) is 0 Å². The summed E-state index contributed by atoms with van der Waals surface area (Å²) in [5.74, 6) is 0.208. The lowest BCUT2D eigenvalue weighted by molar-refractivity contribution is -0.385. The molecule has 3 N–H and O–H groups in total.